The van der Waals surface area contributed by atoms with Gasteiger partial charge in [-0.2, -0.15) is 11.8 Å². The van der Waals surface area contributed by atoms with Crippen LogP contribution in [0.15, 0.2) is 24.3 Å². The zero-order valence-corrected chi connectivity index (χ0v) is 15.5. The Balaban J connectivity index is 1.97. The Morgan fingerprint density at radius 3 is 2.79 bits per heavy atom. The molecule has 134 valence electrons. The fraction of sp³-hybridized carbons (Fsp3) is 0.611. The molecule has 1 N–H and O–H groups in total. The maximum absolute atomic E-state index is 13.7. The number of halogens is 1. The Morgan fingerprint density at radius 2 is 2.08 bits per heavy atom. The van der Waals surface area contributed by atoms with Gasteiger partial charge in [0.2, 0.25) is 0 Å². The molecule has 0 aromatic heterocycles. The Kier molecular flexibility index (Phi) is 6.78. The van der Waals surface area contributed by atoms with Gasteiger partial charge in [-0.15, -0.1) is 0 Å². The normalized spacial score (nSPS) is 17.1. The van der Waals surface area contributed by atoms with Crippen LogP contribution in [0.25, 0.3) is 0 Å². The predicted octanol–water partition coefficient (Wildman–Crippen LogP) is 3.77. The van der Waals surface area contributed by atoms with Crippen molar-refractivity contribution in [1.82, 2.24) is 10.2 Å². The number of carbonyl (C=O) groups excluding carboxylic acids is 1. The lowest BCUT2D eigenvalue weighted by molar-refractivity contribution is 0.151. The SMILES string of the molecule is CC(C)(C)C(COc1ccccc1F)NC(=O)N1CCCSCC1. The summed E-state index contributed by atoms with van der Waals surface area (Å²) in [4.78, 5) is 14.4. The van der Waals surface area contributed by atoms with E-state index in [9.17, 15) is 9.18 Å². The summed E-state index contributed by atoms with van der Waals surface area (Å²) in [6, 6.07) is 6.06. The highest BCUT2D eigenvalue weighted by molar-refractivity contribution is 7.99. The summed E-state index contributed by atoms with van der Waals surface area (Å²) in [6.45, 7) is 7.91. The van der Waals surface area contributed by atoms with E-state index >= 15 is 0 Å². The summed E-state index contributed by atoms with van der Waals surface area (Å²) >= 11 is 1.88. The summed E-state index contributed by atoms with van der Waals surface area (Å²) < 4.78 is 19.3. The van der Waals surface area contributed by atoms with E-state index in [4.69, 9.17) is 4.74 Å². The van der Waals surface area contributed by atoms with Gasteiger partial charge in [0.1, 0.15) is 6.61 Å². The lowest BCUT2D eigenvalue weighted by atomic mass is 9.87. The molecule has 1 atom stereocenters. The number of benzene rings is 1. The van der Waals surface area contributed by atoms with Crippen LogP contribution in [0.3, 0.4) is 0 Å². The first kappa shape index (κ1) is 18.9. The van der Waals surface area contributed by atoms with E-state index in [1.165, 1.54) is 6.07 Å². The van der Waals surface area contributed by atoms with E-state index in [0.717, 1.165) is 31.0 Å². The van der Waals surface area contributed by atoms with Gasteiger partial charge < -0.3 is 15.0 Å². The van der Waals surface area contributed by atoms with Crippen molar-refractivity contribution >= 4 is 17.8 Å². The van der Waals surface area contributed by atoms with E-state index in [0.29, 0.717) is 0 Å². The summed E-state index contributed by atoms with van der Waals surface area (Å²) in [5.41, 5.74) is -0.193. The van der Waals surface area contributed by atoms with Crippen molar-refractivity contribution in [1.29, 1.82) is 0 Å². The second-order valence-electron chi connectivity index (χ2n) is 7.06. The van der Waals surface area contributed by atoms with Crippen LogP contribution >= 0.6 is 11.8 Å². The lowest BCUT2D eigenvalue weighted by Gasteiger charge is -2.33. The summed E-state index contributed by atoms with van der Waals surface area (Å²) in [7, 11) is 0. The van der Waals surface area contributed by atoms with E-state index in [1.54, 1.807) is 18.2 Å². The van der Waals surface area contributed by atoms with E-state index in [2.05, 4.69) is 5.32 Å². The van der Waals surface area contributed by atoms with Crippen molar-refractivity contribution in [2.24, 2.45) is 5.41 Å². The van der Waals surface area contributed by atoms with Crippen LogP contribution in [0.5, 0.6) is 5.75 Å². The Morgan fingerprint density at radius 1 is 1.33 bits per heavy atom. The molecule has 1 aliphatic heterocycles. The number of ether oxygens (including phenoxy) is 1. The minimum Gasteiger partial charge on any atom is -0.488 e. The fourth-order valence-electron chi connectivity index (χ4n) is 2.43. The highest BCUT2D eigenvalue weighted by Gasteiger charge is 2.29. The van der Waals surface area contributed by atoms with Crippen molar-refractivity contribution in [2.75, 3.05) is 31.2 Å². The summed E-state index contributed by atoms with van der Waals surface area (Å²) in [5, 5.41) is 3.07. The number of hydrogen-bond donors (Lipinski definition) is 1. The van der Waals surface area contributed by atoms with Crippen molar-refractivity contribution in [2.45, 2.75) is 33.2 Å². The molecule has 0 bridgehead atoms. The highest BCUT2D eigenvalue weighted by Crippen LogP contribution is 2.22. The van der Waals surface area contributed by atoms with Crippen LogP contribution in [0, 0.1) is 11.2 Å². The molecule has 0 radical (unpaired) electrons. The molecule has 0 saturated carbocycles. The number of nitrogens with one attached hydrogen (secondary N) is 1. The van der Waals surface area contributed by atoms with Gasteiger partial charge >= 0.3 is 6.03 Å². The highest BCUT2D eigenvalue weighted by atomic mass is 32.2. The molecule has 24 heavy (non-hydrogen) atoms. The standard InChI is InChI=1S/C18H27FN2O2S/c1-18(2,3)16(13-23-15-8-5-4-7-14(15)19)20-17(22)21-9-6-11-24-12-10-21/h4-5,7-8,16H,6,9-13H2,1-3H3,(H,20,22). The number of nitrogens with zero attached hydrogens (tertiary/aromatic N) is 1. The molecule has 1 aliphatic rings. The third-order valence-corrected chi connectivity index (χ3v) is 5.14. The van der Waals surface area contributed by atoms with Crippen molar-refractivity contribution in [3.63, 3.8) is 0 Å². The molecule has 2 rings (SSSR count). The molecule has 1 saturated heterocycles. The molecule has 0 spiro atoms. The smallest absolute Gasteiger partial charge is 0.317 e. The van der Waals surface area contributed by atoms with Crippen LogP contribution in [0.4, 0.5) is 9.18 Å². The third kappa shape index (κ3) is 5.58. The Hall–Kier alpha value is -1.43. The van der Waals surface area contributed by atoms with Gasteiger partial charge in [0.05, 0.1) is 6.04 Å². The molecule has 0 aliphatic carbocycles. The zero-order valence-electron chi connectivity index (χ0n) is 14.7. The Bertz CT molecular complexity index is 540. The van der Waals surface area contributed by atoms with Gasteiger partial charge in [0.25, 0.3) is 0 Å². The number of para-hydroxylation sites is 1. The first-order chi connectivity index (χ1) is 11.4. The predicted molar refractivity (Wildman–Crippen MR) is 97.2 cm³/mol. The minimum absolute atomic E-state index is 0.0606. The molecule has 2 amide bonds. The Labute approximate surface area is 148 Å². The molecule has 4 nitrogen and oxygen atoms in total. The summed E-state index contributed by atoms with van der Waals surface area (Å²) in [6.07, 6.45) is 1.02. The first-order valence-corrected chi connectivity index (χ1v) is 9.54. The molecule has 1 unspecified atom stereocenters. The summed E-state index contributed by atoms with van der Waals surface area (Å²) in [5.74, 6) is 1.90. The van der Waals surface area contributed by atoms with Gasteiger partial charge in [0.15, 0.2) is 11.6 Å². The largest absolute Gasteiger partial charge is 0.488 e. The zero-order chi connectivity index (χ0) is 17.6. The molecule has 1 fully saturated rings. The average Bonchev–Trinajstić information content (AvgIpc) is 2.80. The van der Waals surface area contributed by atoms with Gasteiger partial charge in [-0.3, -0.25) is 0 Å². The number of urea groups is 1. The number of amides is 2. The number of carbonyl (C=O) groups is 1. The van der Waals surface area contributed by atoms with E-state index in [-0.39, 0.29) is 35.7 Å². The number of thioether (sulfide) groups is 1. The minimum atomic E-state index is -0.388. The molecular weight excluding hydrogens is 327 g/mol. The fourth-order valence-corrected chi connectivity index (χ4v) is 3.32. The second kappa shape index (κ2) is 8.60. The lowest BCUT2D eigenvalue weighted by Crippen LogP contribution is -2.52. The van der Waals surface area contributed by atoms with Crippen LogP contribution < -0.4 is 10.1 Å². The van der Waals surface area contributed by atoms with Gasteiger partial charge in [-0.1, -0.05) is 32.9 Å². The van der Waals surface area contributed by atoms with E-state index < -0.39 is 0 Å². The van der Waals surface area contributed by atoms with Crippen molar-refractivity contribution < 1.29 is 13.9 Å². The molecular formula is C18H27FN2O2S. The topological polar surface area (TPSA) is 41.6 Å². The van der Waals surface area contributed by atoms with Gasteiger partial charge in [-0.05, 0) is 29.7 Å². The maximum Gasteiger partial charge on any atom is 0.317 e. The van der Waals surface area contributed by atoms with Gasteiger partial charge in [0, 0.05) is 18.8 Å². The number of rotatable bonds is 4. The first-order valence-electron chi connectivity index (χ1n) is 8.38. The molecule has 1 heterocycles. The quantitative estimate of drug-likeness (QED) is 0.895. The van der Waals surface area contributed by atoms with Crippen molar-refractivity contribution in [3.05, 3.63) is 30.1 Å². The third-order valence-electron chi connectivity index (χ3n) is 4.09. The van der Waals surface area contributed by atoms with Crippen LogP contribution in [0.1, 0.15) is 27.2 Å². The molecule has 1 aromatic rings. The van der Waals surface area contributed by atoms with Crippen LogP contribution in [0.2, 0.25) is 0 Å². The molecule has 1 aromatic carbocycles. The van der Waals surface area contributed by atoms with Crippen LogP contribution in [-0.4, -0.2) is 48.2 Å². The number of hydrogen-bond acceptors (Lipinski definition) is 3. The maximum atomic E-state index is 13.7. The monoisotopic (exact) mass is 354 g/mol. The van der Waals surface area contributed by atoms with E-state index in [1.807, 2.05) is 37.4 Å². The second-order valence-corrected chi connectivity index (χ2v) is 8.29. The molecule has 6 heteroatoms. The average molecular weight is 354 g/mol. The van der Waals surface area contributed by atoms with Gasteiger partial charge in [-0.25, -0.2) is 9.18 Å². The van der Waals surface area contributed by atoms with Crippen LogP contribution in [-0.2, 0) is 0 Å². The van der Waals surface area contributed by atoms with Crippen molar-refractivity contribution in [3.8, 4) is 5.75 Å².